The van der Waals surface area contributed by atoms with E-state index in [0.717, 1.165) is 5.56 Å². The first kappa shape index (κ1) is 18.2. The molecule has 0 saturated carbocycles. The minimum Gasteiger partial charge on any atom is -0.443 e. The second-order valence-corrected chi connectivity index (χ2v) is 8.74. The molecule has 0 radical (unpaired) electrons. The van der Waals surface area contributed by atoms with Crippen LogP contribution >= 0.6 is 0 Å². The topological polar surface area (TPSA) is 60.9 Å². The van der Waals surface area contributed by atoms with Crippen molar-refractivity contribution in [3.8, 4) is 0 Å². The van der Waals surface area contributed by atoms with Crippen molar-refractivity contribution in [1.29, 1.82) is 0 Å². The smallest absolute Gasteiger partial charge is 0.443 e. The van der Waals surface area contributed by atoms with Crippen LogP contribution in [-0.4, -0.2) is 41.5 Å². The Hall–Kier alpha value is -1.60. The highest BCUT2D eigenvalue weighted by Crippen LogP contribution is 2.45. The van der Waals surface area contributed by atoms with E-state index >= 15 is 0 Å². The van der Waals surface area contributed by atoms with Gasteiger partial charge in [0.15, 0.2) is 0 Å². The molecule has 1 aromatic heterocycles. The number of hydrogen-bond acceptors (Lipinski definition) is 5. The monoisotopic (exact) mass is 346 g/mol. The molecule has 1 fully saturated rings. The minimum atomic E-state index is -0.561. The molecular weight excluding hydrogens is 319 g/mol. The van der Waals surface area contributed by atoms with E-state index in [0.29, 0.717) is 12.4 Å². The fourth-order valence-electron chi connectivity index (χ4n) is 3.07. The van der Waals surface area contributed by atoms with Gasteiger partial charge in [-0.1, -0.05) is 6.07 Å². The van der Waals surface area contributed by atoms with E-state index in [1.54, 1.807) is 11.1 Å². The van der Waals surface area contributed by atoms with Gasteiger partial charge in [0, 0.05) is 18.6 Å². The maximum Gasteiger partial charge on any atom is 0.467 e. The molecule has 1 aromatic rings. The van der Waals surface area contributed by atoms with E-state index in [-0.39, 0.29) is 5.82 Å². The number of aromatic nitrogens is 1. The Morgan fingerprint density at radius 1 is 1.28 bits per heavy atom. The maximum atomic E-state index is 12.6. The lowest BCUT2D eigenvalue weighted by Crippen LogP contribution is -2.41. The summed E-state index contributed by atoms with van der Waals surface area (Å²) in [5.41, 5.74) is -0.445. The van der Waals surface area contributed by atoms with E-state index in [9.17, 15) is 4.79 Å². The average molecular weight is 346 g/mol. The van der Waals surface area contributed by atoms with Gasteiger partial charge in [0.05, 0.1) is 11.2 Å². The first-order valence-electron chi connectivity index (χ1n) is 8.72. The Kier molecular flexibility index (Phi) is 4.16. The number of amides is 1. The predicted octanol–water partition coefficient (Wildman–Crippen LogP) is 3.55. The van der Waals surface area contributed by atoms with Crippen molar-refractivity contribution in [2.45, 2.75) is 71.1 Å². The molecule has 1 amide bonds. The fraction of sp³-hybridized carbons (Fsp3) is 0.667. The van der Waals surface area contributed by atoms with Gasteiger partial charge in [-0.25, -0.2) is 9.78 Å². The number of carbonyl (C=O) groups excluding carboxylic acids is 1. The third kappa shape index (κ3) is 3.27. The van der Waals surface area contributed by atoms with Crippen LogP contribution in [0.2, 0.25) is 0 Å². The summed E-state index contributed by atoms with van der Waals surface area (Å²) in [4.78, 5) is 18.6. The van der Waals surface area contributed by atoms with Gasteiger partial charge in [0.2, 0.25) is 0 Å². The largest absolute Gasteiger partial charge is 0.467 e. The number of nitrogens with zero attached hydrogens (tertiary/aromatic N) is 2. The number of carbonyl (C=O) groups is 1. The Morgan fingerprint density at radius 3 is 2.44 bits per heavy atom. The fourth-order valence-corrected chi connectivity index (χ4v) is 3.07. The number of anilines is 1. The zero-order valence-corrected chi connectivity index (χ0v) is 16.1. The molecule has 136 valence electrons. The second-order valence-electron chi connectivity index (χ2n) is 8.74. The zero-order chi connectivity index (χ0) is 18.6. The molecule has 1 saturated heterocycles. The SMILES string of the molecule is CC(C)(C)OC(=O)N1CC(B2OC(C)(C)C(C)(C)O2)c2cccnc21. The van der Waals surface area contributed by atoms with E-state index in [1.165, 1.54) is 0 Å². The summed E-state index contributed by atoms with van der Waals surface area (Å²) in [6, 6.07) is 3.85. The van der Waals surface area contributed by atoms with Crippen molar-refractivity contribution in [3.63, 3.8) is 0 Å². The molecular formula is C18H27BN2O4. The van der Waals surface area contributed by atoms with Crippen LogP contribution in [0.3, 0.4) is 0 Å². The molecule has 3 rings (SSSR count). The van der Waals surface area contributed by atoms with Gasteiger partial charge in [-0.05, 0) is 60.1 Å². The van der Waals surface area contributed by atoms with E-state index < -0.39 is 30.0 Å². The average Bonchev–Trinajstić information content (AvgIpc) is 2.92. The molecule has 7 heteroatoms. The predicted molar refractivity (Wildman–Crippen MR) is 96.6 cm³/mol. The lowest BCUT2D eigenvalue weighted by atomic mass is 9.69. The zero-order valence-electron chi connectivity index (χ0n) is 16.1. The molecule has 1 unspecified atom stereocenters. The first-order valence-corrected chi connectivity index (χ1v) is 8.72. The summed E-state index contributed by atoms with van der Waals surface area (Å²) >= 11 is 0. The van der Waals surface area contributed by atoms with Crippen LogP contribution in [0.5, 0.6) is 0 Å². The summed E-state index contributed by atoms with van der Waals surface area (Å²) < 4.78 is 17.9. The highest BCUT2D eigenvalue weighted by atomic mass is 16.7. The molecule has 3 heterocycles. The standard InChI is InChI=1S/C18H27BN2O4/c1-16(2,3)23-15(22)21-11-13(12-9-8-10-20-14(12)21)19-24-17(4,5)18(6,7)25-19/h8-10,13H,11H2,1-7H3. The van der Waals surface area contributed by atoms with Crippen molar-refractivity contribution in [2.24, 2.45) is 0 Å². The molecule has 25 heavy (non-hydrogen) atoms. The van der Waals surface area contributed by atoms with Crippen LogP contribution < -0.4 is 4.90 Å². The molecule has 2 aliphatic heterocycles. The Labute approximate surface area is 150 Å². The van der Waals surface area contributed by atoms with Crippen molar-refractivity contribution in [2.75, 3.05) is 11.4 Å². The van der Waals surface area contributed by atoms with Gasteiger partial charge in [0.25, 0.3) is 0 Å². The molecule has 0 spiro atoms. The van der Waals surface area contributed by atoms with Crippen molar-refractivity contribution in [3.05, 3.63) is 23.9 Å². The van der Waals surface area contributed by atoms with E-state index in [4.69, 9.17) is 14.0 Å². The number of fused-ring (bicyclic) bond motifs is 1. The Bertz CT molecular complexity index is 668. The normalized spacial score (nSPS) is 24.4. The van der Waals surface area contributed by atoms with Gasteiger partial charge in [-0.15, -0.1) is 0 Å². The molecule has 0 aromatic carbocycles. The van der Waals surface area contributed by atoms with Crippen molar-refractivity contribution >= 4 is 19.0 Å². The van der Waals surface area contributed by atoms with Crippen LogP contribution in [0.1, 0.15) is 59.8 Å². The first-order chi connectivity index (χ1) is 11.4. The number of rotatable bonds is 1. The van der Waals surface area contributed by atoms with E-state index in [2.05, 4.69) is 4.98 Å². The molecule has 0 bridgehead atoms. The van der Waals surface area contributed by atoms with E-state index in [1.807, 2.05) is 60.6 Å². The quantitative estimate of drug-likeness (QED) is 0.728. The van der Waals surface area contributed by atoms with Crippen LogP contribution in [0.4, 0.5) is 10.6 Å². The van der Waals surface area contributed by atoms with Crippen LogP contribution in [-0.2, 0) is 14.0 Å². The lowest BCUT2D eigenvalue weighted by molar-refractivity contribution is 0.00578. The molecule has 0 aliphatic carbocycles. The van der Waals surface area contributed by atoms with Crippen molar-refractivity contribution < 1.29 is 18.8 Å². The summed E-state index contributed by atoms with van der Waals surface area (Å²) in [5.74, 6) is 0.522. The highest BCUT2D eigenvalue weighted by molar-refractivity contribution is 6.48. The number of hydrogen-bond donors (Lipinski definition) is 0. The summed E-state index contributed by atoms with van der Waals surface area (Å²) in [7, 11) is -0.430. The molecule has 1 atom stereocenters. The maximum absolute atomic E-state index is 12.6. The summed E-state index contributed by atoms with van der Waals surface area (Å²) in [5, 5.41) is 0. The van der Waals surface area contributed by atoms with Crippen LogP contribution in [0.15, 0.2) is 18.3 Å². The molecule has 0 N–H and O–H groups in total. The van der Waals surface area contributed by atoms with Gasteiger partial charge >= 0.3 is 13.2 Å². The Balaban J connectivity index is 1.88. The summed E-state index contributed by atoms with van der Waals surface area (Å²) in [6.07, 6.45) is 1.29. The van der Waals surface area contributed by atoms with Gasteiger partial charge in [-0.3, -0.25) is 4.90 Å². The van der Waals surface area contributed by atoms with Gasteiger partial charge in [0.1, 0.15) is 11.4 Å². The Morgan fingerprint density at radius 2 is 1.88 bits per heavy atom. The number of pyridine rings is 1. The minimum absolute atomic E-state index is 0.0998. The summed E-state index contributed by atoms with van der Waals surface area (Å²) in [6.45, 7) is 14.1. The third-order valence-electron chi connectivity index (χ3n) is 5.07. The second kappa shape index (κ2) is 5.71. The van der Waals surface area contributed by atoms with Gasteiger partial charge in [-0.2, -0.15) is 0 Å². The van der Waals surface area contributed by atoms with Crippen LogP contribution in [0, 0.1) is 0 Å². The third-order valence-corrected chi connectivity index (χ3v) is 5.07. The van der Waals surface area contributed by atoms with Crippen LogP contribution in [0.25, 0.3) is 0 Å². The van der Waals surface area contributed by atoms with Crippen molar-refractivity contribution in [1.82, 2.24) is 4.98 Å². The number of ether oxygens (including phenoxy) is 1. The molecule has 2 aliphatic rings. The lowest BCUT2D eigenvalue weighted by Gasteiger charge is -2.32. The highest BCUT2D eigenvalue weighted by Gasteiger charge is 2.56. The van der Waals surface area contributed by atoms with Gasteiger partial charge < -0.3 is 14.0 Å². The molecule has 6 nitrogen and oxygen atoms in total.